The highest BCUT2D eigenvalue weighted by molar-refractivity contribution is 7.98. The monoisotopic (exact) mass is 271 g/mol. The molecule has 92 valence electrons. The molecule has 2 aromatic rings. The number of pyridine rings is 1. The van der Waals surface area contributed by atoms with E-state index in [1.165, 1.54) is 21.7 Å². The molecule has 1 nitrogen and oxygen atoms in total. The average molecular weight is 271 g/mol. The molecule has 1 aromatic heterocycles. The number of hydrogen-bond acceptors (Lipinski definition) is 2. The third-order valence-corrected chi connectivity index (χ3v) is 8.29. The smallest absolute Gasteiger partial charge is 0.114 e. The lowest BCUT2D eigenvalue weighted by Gasteiger charge is -2.18. The first-order chi connectivity index (χ1) is 8.57. The Morgan fingerprint density at radius 3 is 2.50 bits per heavy atom. The van der Waals surface area contributed by atoms with E-state index in [2.05, 4.69) is 55.5 Å². The van der Waals surface area contributed by atoms with Crippen LogP contribution in [0.5, 0.6) is 0 Å². The number of benzene rings is 1. The standard InChI is InChI=1S/C15H17NSSi/c1-10-14-13(8-9-16-10)18(3,4)12-7-5-6-11(17-2)15(12)14/h5-9H,1-4H3. The Balaban J connectivity index is 2.45. The first-order valence-corrected chi connectivity index (χ1v) is 10.4. The highest BCUT2D eigenvalue weighted by Gasteiger charge is 2.39. The number of fused-ring (bicyclic) bond motifs is 3. The van der Waals surface area contributed by atoms with Crippen molar-refractivity contribution in [1.29, 1.82) is 0 Å². The SMILES string of the molecule is CSc1cccc2c1-c1c(ccnc1C)[Si]2(C)C. The number of nitrogens with zero attached hydrogens (tertiary/aromatic N) is 1. The summed E-state index contributed by atoms with van der Waals surface area (Å²) >= 11 is 1.84. The number of thioether (sulfide) groups is 1. The van der Waals surface area contributed by atoms with E-state index in [0.717, 1.165) is 0 Å². The van der Waals surface area contributed by atoms with Gasteiger partial charge >= 0.3 is 0 Å². The van der Waals surface area contributed by atoms with E-state index < -0.39 is 8.07 Å². The molecule has 0 N–H and O–H groups in total. The second-order valence-electron chi connectivity index (χ2n) is 5.33. The molecule has 0 bridgehead atoms. The van der Waals surface area contributed by atoms with Crippen LogP contribution in [-0.2, 0) is 0 Å². The lowest BCUT2D eigenvalue weighted by atomic mass is 10.0. The summed E-state index contributed by atoms with van der Waals surface area (Å²) in [6.07, 6.45) is 4.13. The van der Waals surface area contributed by atoms with E-state index in [1.54, 1.807) is 10.4 Å². The number of aromatic nitrogens is 1. The van der Waals surface area contributed by atoms with Gasteiger partial charge in [-0.15, -0.1) is 11.8 Å². The van der Waals surface area contributed by atoms with Crippen molar-refractivity contribution >= 4 is 30.2 Å². The van der Waals surface area contributed by atoms with Crippen molar-refractivity contribution in [3.05, 3.63) is 36.2 Å². The van der Waals surface area contributed by atoms with E-state index in [-0.39, 0.29) is 0 Å². The van der Waals surface area contributed by atoms with Gasteiger partial charge in [-0.1, -0.05) is 25.2 Å². The molecule has 0 fully saturated rings. The van der Waals surface area contributed by atoms with Crippen LogP contribution >= 0.6 is 11.8 Å². The molecule has 0 aliphatic carbocycles. The normalized spacial score (nSPS) is 15.3. The highest BCUT2D eigenvalue weighted by Crippen LogP contribution is 2.36. The van der Waals surface area contributed by atoms with Crippen molar-refractivity contribution in [2.75, 3.05) is 6.26 Å². The Kier molecular flexibility index (Phi) is 2.64. The van der Waals surface area contributed by atoms with E-state index >= 15 is 0 Å². The molecule has 0 saturated carbocycles. The van der Waals surface area contributed by atoms with E-state index in [4.69, 9.17) is 0 Å². The quantitative estimate of drug-likeness (QED) is 0.584. The van der Waals surface area contributed by atoms with Crippen LogP contribution in [0, 0.1) is 6.92 Å². The Morgan fingerprint density at radius 1 is 1.06 bits per heavy atom. The molecule has 18 heavy (non-hydrogen) atoms. The van der Waals surface area contributed by atoms with Gasteiger partial charge in [-0.2, -0.15) is 0 Å². The summed E-state index contributed by atoms with van der Waals surface area (Å²) in [6.45, 7) is 7.03. The second kappa shape index (κ2) is 3.97. The van der Waals surface area contributed by atoms with Gasteiger partial charge in [-0.25, -0.2) is 0 Å². The first-order valence-electron chi connectivity index (χ1n) is 6.21. The van der Waals surface area contributed by atoms with Gasteiger partial charge in [0.15, 0.2) is 0 Å². The summed E-state index contributed by atoms with van der Waals surface area (Å²) in [5.41, 5.74) is 4.05. The van der Waals surface area contributed by atoms with Gasteiger partial charge in [0.25, 0.3) is 0 Å². The number of aryl methyl sites for hydroxylation is 1. The van der Waals surface area contributed by atoms with Crippen LogP contribution in [0.3, 0.4) is 0 Å². The van der Waals surface area contributed by atoms with Crippen molar-refractivity contribution in [1.82, 2.24) is 4.98 Å². The van der Waals surface area contributed by atoms with Crippen LogP contribution in [0.4, 0.5) is 0 Å². The zero-order chi connectivity index (χ0) is 12.9. The van der Waals surface area contributed by atoms with Gasteiger partial charge in [0, 0.05) is 22.3 Å². The van der Waals surface area contributed by atoms with Gasteiger partial charge in [0.05, 0.1) is 0 Å². The summed E-state index contributed by atoms with van der Waals surface area (Å²) < 4.78 is 0. The van der Waals surface area contributed by atoms with Crippen LogP contribution < -0.4 is 10.4 Å². The molecule has 0 amide bonds. The average Bonchev–Trinajstić information content (AvgIpc) is 2.60. The molecule has 0 atom stereocenters. The largest absolute Gasteiger partial charge is 0.261 e. The van der Waals surface area contributed by atoms with Crippen molar-refractivity contribution in [3.63, 3.8) is 0 Å². The van der Waals surface area contributed by atoms with E-state index in [1.807, 2.05) is 18.0 Å². The van der Waals surface area contributed by atoms with Gasteiger partial charge in [-0.05, 0) is 41.2 Å². The third-order valence-electron chi connectivity index (χ3n) is 3.98. The summed E-state index contributed by atoms with van der Waals surface area (Å²) in [5.74, 6) is 0. The van der Waals surface area contributed by atoms with Gasteiger partial charge < -0.3 is 0 Å². The fourth-order valence-corrected chi connectivity index (χ4v) is 6.86. The molecular weight excluding hydrogens is 254 g/mol. The molecular formula is C15H17NSSi. The predicted molar refractivity (Wildman–Crippen MR) is 82.9 cm³/mol. The fourth-order valence-electron chi connectivity index (χ4n) is 3.03. The summed E-state index contributed by atoms with van der Waals surface area (Å²) in [7, 11) is -1.51. The van der Waals surface area contributed by atoms with Crippen molar-refractivity contribution in [2.24, 2.45) is 0 Å². The van der Waals surface area contributed by atoms with E-state index in [9.17, 15) is 0 Å². The number of rotatable bonds is 1. The maximum absolute atomic E-state index is 4.50. The molecule has 1 aromatic carbocycles. The Bertz CT molecular complexity index is 634. The maximum Gasteiger partial charge on any atom is 0.114 e. The van der Waals surface area contributed by atoms with Crippen LogP contribution in [-0.4, -0.2) is 19.3 Å². The highest BCUT2D eigenvalue weighted by atomic mass is 32.2. The molecule has 0 unspecified atom stereocenters. The second-order valence-corrected chi connectivity index (χ2v) is 10.5. The van der Waals surface area contributed by atoms with E-state index in [0.29, 0.717) is 0 Å². The summed E-state index contributed by atoms with van der Waals surface area (Å²) in [5, 5.41) is 3.12. The van der Waals surface area contributed by atoms with Crippen molar-refractivity contribution in [3.8, 4) is 11.1 Å². The fraction of sp³-hybridized carbons (Fsp3) is 0.267. The molecule has 3 rings (SSSR count). The summed E-state index contributed by atoms with van der Waals surface area (Å²) in [4.78, 5) is 5.90. The molecule has 2 heterocycles. The molecule has 1 aliphatic rings. The first kappa shape index (κ1) is 12.0. The minimum Gasteiger partial charge on any atom is -0.261 e. The Labute approximate surface area is 114 Å². The van der Waals surface area contributed by atoms with Crippen LogP contribution in [0.25, 0.3) is 11.1 Å². The van der Waals surface area contributed by atoms with Gasteiger partial charge in [0.1, 0.15) is 8.07 Å². The molecule has 1 aliphatic heterocycles. The minimum absolute atomic E-state index is 1.17. The van der Waals surface area contributed by atoms with Crippen LogP contribution in [0.2, 0.25) is 13.1 Å². The predicted octanol–water partition coefficient (Wildman–Crippen LogP) is 2.91. The zero-order valence-electron chi connectivity index (χ0n) is 11.2. The maximum atomic E-state index is 4.50. The van der Waals surface area contributed by atoms with Gasteiger partial charge in [0.2, 0.25) is 0 Å². The molecule has 3 heteroatoms. The topological polar surface area (TPSA) is 12.9 Å². The third kappa shape index (κ3) is 1.44. The lowest BCUT2D eigenvalue weighted by molar-refractivity contribution is 1.21. The Morgan fingerprint density at radius 2 is 1.78 bits per heavy atom. The number of hydrogen-bond donors (Lipinski definition) is 0. The molecule has 0 spiro atoms. The molecule has 0 saturated heterocycles. The zero-order valence-corrected chi connectivity index (χ0v) is 13.1. The van der Waals surface area contributed by atoms with Crippen LogP contribution in [0.1, 0.15) is 5.69 Å². The van der Waals surface area contributed by atoms with Gasteiger partial charge in [-0.3, -0.25) is 4.98 Å². The lowest BCUT2D eigenvalue weighted by Crippen LogP contribution is -2.49. The van der Waals surface area contributed by atoms with Crippen molar-refractivity contribution in [2.45, 2.75) is 24.9 Å². The summed E-state index contributed by atoms with van der Waals surface area (Å²) in [6, 6.07) is 8.99. The van der Waals surface area contributed by atoms with Crippen molar-refractivity contribution < 1.29 is 0 Å². The Hall–Kier alpha value is -1.06. The van der Waals surface area contributed by atoms with Crippen LogP contribution in [0.15, 0.2) is 35.4 Å². The minimum atomic E-state index is -1.51. The molecule has 0 radical (unpaired) electrons.